The van der Waals surface area contributed by atoms with Crippen molar-refractivity contribution in [1.29, 1.82) is 0 Å². The van der Waals surface area contributed by atoms with Crippen LogP contribution < -0.4 is 0 Å². The van der Waals surface area contributed by atoms with E-state index in [9.17, 15) is 14.4 Å². The van der Waals surface area contributed by atoms with E-state index in [0.717, 1.165) is 11.1 Å². The van der Waals surface area contributed by atoms with Crippen LogP contribution in [-0.2, 0) is 17.8 Å². The Morgan fingerprint density at radius 3 is 2.30 bits per heavy atom. The number of piperazine rings is 1. The van der Waals surface area contributed by atoms with Crippen LogP contribution in [0.2, 0.25) is 0 Å². The molecule has 2 aromatic heterocycles. The Bertz CT molecular complexity index is 1180. The quantitative estimate of drug-likeness (QED) is 0.609. The molecule has 0 radical (unpaired) electrons. The number of aromatic nitrogens is 1. The van der Waals surface area contributed by atoms with Crippen molar-refractivity contribution >= 4 is 17.7 Å². The molecule has 1 aromatic carbocycles. The number of fused-ring (bicyclic) bond motifs is 1. The van der Waals surface area contributed by atoms with Crippen LogP contribution in [0, 0.1) is 6.92 Å². The Hall–Kier alpha value is -3.88. The van der Waals surface area contributed by atoms with Gasteiger partial charge in [0.05, 0.1) is 12.0 Å². The highest BCUT2D eigenvalue weighted by atomic mass is 16.5. The molecule has 0 N–H and O–H groups in total. The summed E-state index contributed by atoms with van der Waals surface area (Å²) < 4.78 is 10.4. The first-order valence-corrected chi connectivity index (χ1v) is 10.9. The number of carbonyl (C=O) groups excluding carboxylic acids is 3. The van der Waals surface area contributed by atoms with Crippen LogP contribution in [-0.4, -0.2) is 69.8 Å². The molecule has 0 bridgehead atoms. The number of furan rings is 1. The van der Waals surface area contributed by atoms with E-state index in [1.165, 1.54) is 6.26 Å². The van der Waals surface area contributed by atoms with E-state index in [1.807, 2.05) is 24.3 Å². The minimum atomic E-state index is -0.628. The molecule has 1 unspecified atom stereocenters. The molecule has 1 atom stereocenters. The van der Waals surface area contributed by atoms with Crippen molar-refractivity contribution in [3.8, 4) is 0 Å². The molecular formula is C24H24N4O5. The lowest BCUT2D eigenvalue weighted by atomic mass is 9.92. The SMILES string of the molecule is Cc1cc(C(=O)N2CCN(C(=O)C3Cc4ccccc4CN3C(=O)c3ccco3)CC2)on1. The molecule has 2 aliphatic rings. The molecule has 9 heteroatoms. The number of carbonyl (C=O) groups is 3. The van der Waals surface area contributed by atoms with E-state index in [0.29, 0.717) is 44.8 Å². The maximum Gasteiger partial charge on any atom is 0.292 e. The molecule has 4 heterocycles. The third-order valence-corrected chi connectivity index (χ3v) is 6.24. The lowest BCUT2D eigenvalue weighted by Gasteiger charge is -2.41. The minimum absolute atomic E-state index is 0.119. The van der Waals surface area contributed by atoms with Crippen molar-refractivity contribution in [3.05, 3.63) is 77.1 Å². The number of hydrogen-bond donors (Lipinski definition) is 0. The van der Waals surface area contributed by atoms with E-state index in [4.69, 9.17) is 8.94 Å². The second-order valence-corrected chi connectivity index (χ2v) is 8.35. The maximum absolute atomic E-state index is 13.6. The minimum Gasteiger partial charge on any atom is -0.459 e. The molecule has 170 valence electrons. The van der Waals surface area contributed by atoms with Gasteiger partial charge in [0.25, 0.3) is 11.8 Å². The fraction of sp³-hybridized carbons (Fsp3) is 0.333. The van der Waals surface area contributed by atoms with Crippen molar-refractivity contribution in [2.45, 2.75) is 25.9 Å². The number of rotatable bonds is 3. The van der Waals surface area contributed by atoms with Crippen molar-refractivity contribution < 1.29 is 23.3 Å². The molecule has 0 spiro atoms. The first-order chi connectivity index (χ1) is 16.0. The summed E-state index contributed by atoms with van der Waals surface area (Å²) in [6, 6.07) is 12.1. The fourth-order valence-corrected chi connectivity index (χ4v) is 4.46. The van der Waals surface area contributed by atoms with Crippen molar-refractivity contribution in [3.63, 3.8) is 0 Å². The monoisotopic (exact) mass is 448 g/mol. The molecule has 33 heavy (non-hydrogen) atoms. The topological polar surface area (TPSA) is 100 Å². The largest absolute Gasteiger partial charge is 0.459 e. The van der Waals surface area contributed by atoms with Crippen LogP contribution in [0.1, 0.15) is 37.9 Å². The molecule has 3 amide bonds. The lowest BCUT2D eigenvalue weighted by molar-refractivity contribution is -0.138. The third-order valence-electron chi connectivity index (χ3n) is 6.24. The standard InChI is InChI=1S/C24H24N4O5/c1-16-13-21(33-25-16)23(30)27-10-8-26(9-11-27)22(29)19-14-17-5-2-3-6-18(17)15-28(19)24(31)20-7-4-12-32-20/h2-7,12-13,19H,8-11,14-15H2,1H3. The van der Waals surface area contributed by atoms with Crippen LogP contribution in [0.3, 0.4) is 0 Å². The van der Waals surface area contributed by atoms with Gasteiger partial charge in [-0.3, -0.25) is 14.4 Å². The van der Waals surface area contributed by atoms with Gasteiger partial charge in [0.1, 0.15) is 6.04 Å². The second kappa shape index (κ2) is 8.57. The predicted molar refractivity (Wildman–Crippen MR) is 116 cm³/mol. The summed E-state index contributed by atoms with van der Waals surface area (Å²) in [6.07, 6.45) is 1.90. The van der Waals surface area contributed by atoms with Crippen LogP contribution in [0.15, 0.2) is 57.7 Å². The molecule has 0 aliphatic carbocycles. The van der Waals surface area contributed by atoms with Crippen LogP contribution in [0.5, 0.6) is 0 Å². The molecule has 5 rings (SSSR count). The normalized spacial score (nSPS) is 18.2. The average molecular weight is 448 g/mol. The zero-order valence-electron chi connectivity index (χ0n) is 18.3. The van der Waals surface area contributed by atoms with E-state index < -0.39 is 6.04 Å². The van der Waals surface area contributed by atoms with Crippen LogP contribution in [0.25, 0.3) is 0 Å². The van der Waals surface area contributed by atoms with Crippen molar-refractivity contribution in [2.75, 3.05) is 26.2 Å². The Morgan fingerprint density at radius 2 is 1.64 bits per heavy atom. The Morgan fingerprint density at radius 1 is 0.909 bits per heavy atom. The van der Waals surface area contributed by atoms with Gasteiger partial charge in [-0.25, -0.2) is 0 Å². The highest BCUT2D eigenvalue weighted by Crippen LogP contribution is 2.27. The number of benzene rings is 1. The molecular weight excluding hydrogens is 424 g/mol. The van der Waals surface area contributed by atoms with Gasteiger partial charge in [-0.15, -0.1) is 0 Å². The highest BCUT2D eigenvalue weighted by Gasteiger charge is 2.39. The highest BCUT2D eigenvalue weighted by molar-refractivity contribution is 5.96. The van der Waals surface area contributed by atoms with Crippen LogP contribution >= 0.6 is 0 Å². The van der Waals surface area contributed by atoms with Gasteiger partial charge < -0.3 is 23.6 Å². The first-order valence-electron chi connectivity index (χ1n) is 10.9. The third kappa shape index (κ3) is 4.02. The van der Waals surface area contributed by atoms with E-state index in [-0.39, 0.29) is 29.2 Å². The number of hydrogen-bond acceptors (Lipinski definition) is 6. The molecule has 3 aromatic rings. The van der Waals surface area contributed by atoms with Crippen molar-refractivity contribution in [2.24, 2.45) is 0 Å². The molecule has 0 saturated carbocycles. The number of aryl methyl sites for hydroxylation is 1. The van der Waals surface area contributed by atoms with Crippen LogP contribution in [0.4, 0.5) is 0 Å². The van der Waals surface area contributed by atoms with Gasteiger partial charge in [-0.05, 0) is 30.2 Å². The Kier molecular flexibility index (Phi) is 5.45. The number of nitrogens with zero attached hydrogens (tertiary/aromatic N) is 4. The second-order valence-electron chi connectivity index (χ2n) is 8.35. The molecule has 1 saturated heterocycles. The van der Waals surface area contributed by atoms with E-state index >= 15 is 0 Å². The predicted octanol–water partition coefficient (Wildman–Crippen LogP) is 2.13. The molecule has 9 nitrogen and oxygen atoms in total. The maximum atomic E-state index is 13.6. The van der Waals surface area contributed by atoms with Gasteiger partial charge in [0, 0.05) is 45.2 Å². The smallest absolute Gasteiger partial charge is 0.292 e. The molecule has 2 aliphatic heterocycles. The van der Waals surface area contributed by atoms with Gasteiger partial charge in [0.2, 0.25) is 11.7 Å². The molecule has 1 fully saturated rings. The summed E-state index contributed by atoms with van der Waals surface area (Å²) >= 11 is 0. The van der Waals surface area contributed by atoms with Gasteiger partial charge in [0.15, 0.2) is 5.76 Å². The summed E-state index contributed by atoms with van der Waals surface area (Å²) in [5.74, 6) is -0.241. The summed E-state index contributed by atoms with van der Waals surface area (Å²) in [7, 11) is 0. The summed E-state index contributed by atoms with van der Waals surface area (Å²) in [5, 5.41) is 3.77. The Balaban J connectivity index is 1.32. The first kappa shape index (κ1) is 21.0. The van der Waals surface area contributed by atoms with E-state index in [1.54, 1.807) is 39.8 Å². The van der Waals surface area contributed by atoms with Gasteiger partial charge in [-0.2, -0.15) is 0 Å². The average Bonchev–Trinajstić information content (AvgIpc) is 3.54. The van der Waals surface area contributed by atoms with Gasteiger partial charge >= 0.3 is 0 Å². The van der Waals surface area contributed by atoms with Crippen molar-refractivity contribution in [1.82, 2.24) is 19.9 Å². The number of amides is 3. The Labute approximate surface area is 190 Å². The summed E-state index contributed by atoms with van der Waals surface area (Å²) in [6.45, 7) is 3.65. The lowest BCUT2D eigenvalue weighted by Crippen LogP contribution is -2.58. The zero-order chi connectivity index (χ0) is 22.9. The van der Waals surface area contributed by atoms with Gasteiger partial charge in [-0.1, -0.05) is 29.4 Å². The summed E-state index contributed by atoms with van der Waals surface area (Å²) in [5.41, 5.74) is 2.74. The summed E-state index contributed by atoms with van der Waals surface area (Å²) in [4.78, 5) is 44.3. The van der Waals surface area contributed by atoms with E-state index in [2.05, 4.69) is 5.16 Å². The zero-order valence-corrected chi connectivity index (χ0v) is 18.3. The fourth-order valence-electron chi connectivity index (χ4n) is 4.46.